The summed E-state index contributed by atoms with van der Waals surface area (Å²) in [5, 5.41) is 8.54. The number of aliphatic hydroxyl groups excluding tert-OH is 1. The van der Waals surface area contributed by atoms with Crippen molar-refractivity contribution >= 4 is 11.4 Å². The van der Waals surface area contributed by atoms with Gasteiger partial charge in [-0.25, -0.2) is 0 Å². The molecule has 2 rings (SSSR count). The van der Waals surface area contributed by atoms with Crippen LogP contribution < -0.4 is 0 Å². The molecule has 0 aliphatic carbocycles. The maximum atomic E-state index is 8.54. The van der Waals surface area contributed by atoms with Crippen LogP contribution in [-0.4, -0.2) is 10.8 Å². The maximum Gasteiger partial charge on any atom is 0.0809 e. The zero-order chi connectivity index (χ0) is 8.39. The Morgan fingerprint density at radius 3 is 2.92 bits per heavy atom. The fourth-order valence-corrected chi connectivity index (χ4v) is 1.34. The first kappa shape index (κ1) is 7.10. The van der Waals surface area contributed by atoms with E-state index in [-0.39, 0.29) is 0 Å². The summed E-state index contributed by atoms with van der Waals surface area (Å²) in [6.07, 6.45) is 3.48. The Balaban J connectivity index is 2.35. The molecule has 0 spiro atoms. The summed E-state index contributed by atoms with van der Waals surface area (Å²) in [4.78, 5) is 4.31. The van der Waals surface area contributed by atoms with Gasteiger partial charge in [0.05, 0.1) is 11.9 Å². The summed E-state index contributed by atoms with van der Waals surface area (Å²) >= 11 is 0. The molecule has 0 bridgehead atoms. The lowest BCUT2D eigenvalue weighted by atomic mass is 10.1. The molecule has 12 heavy (non-hydrogen) atoms. The Morgan fingerprint density at radius 2 is 2.17 bits per heavy atom. The van der Waals surface area contributed by atoms with Crippen LogP contribution in [-0.2, 0) is 6.42 Å². The molecule has 0 saturated carbocycles. The minimum absolute atomic E-state index is 0.827. The Kier molecular flexibility index (Phi) is 1.67. The third-order valence-electron chi connectivity index (χ3n) is 1.89. The summed E-state index contributed by atoms with van der Waals surface area (Å²) in [5.41, 5.74) is 3.16. The second-order valence-corrected chi connectivity index (χ2v) is 2.72. The van der Waals surface area contributed by atoms with E-state index in [1.165, 1.54) is 5.56 Å². The third kappa shape index (κ3) is 1.11. The molecule has 2 heteroatoms. The Hall–Kier alpha value is -1.57. The summed E-state index contributed by atoms with van der Waals surface area (Å²) < 4.78 is 0. The fourth-order valence-electron chi connectivity index (χ4n) is 1.34. The van der Waals surface area contributed by atoms with Gasteiger partial charge < -0.3 is 5.11 Å². The van der Waals surface area contributed by atoms with Gasteiger partial charge in [-0.2, -0.15) is 0 Å². The van der Waals surface area contributed by atoms with Crippen molar-refractivity contribution in [3.05, 3.63) is 42.2 Å². The first-order chi connectivity index (χ1) is 5.90. The maximum absolute atomic E-state index is 8.54. The van der Waals surface area contributed by atoms with E-state index >= 15 is 0 Å². The summed E-state index contributed by atoms with van der Waals surface area (Å²) in [6.45, 7) is 0. The van der Waals surface area contributed by atoms with Gasteiger partial charge >= 0.3 is 0 Å². The highest BCUT2D eigenvalue weighted by molar-refractivity contribution is 6.01. The van der Waals surface area contributed by atoms with Crippen LogP contribution in [0.4, 0.5) is 5.69 Å². The van der Waals surface area contributed by atoms with E-state index in [2.05, 4.69) is 11.1 Å². The van der Waals surface area contributed by atoms with Crippen molar-refractivity contribution in [1.29, 1.82) is 0 Å². The van der Waals surface area contributed by atoms with E-state index in [0.717, 1.165) is 24.1 Å². The van der Waals surface area contributed by atoms with Gasteiger partial charge in [0, 0.05) is 12.1 Å². The van der Waals surface area contributed by atoms with E-state index in [0.29, 0.717) is 0 Å². The van der Waals surface area contributed by atoms with Crippen LogP contribution in [0, 0.1) is 0 Å². The molecular formula is C10H9NO. The average Bonchev–Trinajstić information content (AvgIpc) is 2.47. The second-order valence-electron chi connectivity index (χ2n) is 2.72. The summed E-state index contributed by atoms with van der Waals surface area (Å²) in [7, 11) is 0. The van der Waals surface area contributed by atoms with Crippen molar-refractivity contribution in [1.82, 2.24) is 0 Å². The number of para-hydroxylation sites is 1. The van der Waals surface area contributed by atoms with E-state index in [1.807, 2.05) is 18.2 Å². The van der Waals surface area contributed by atoms with Crippen LogP contribution >= 0.6 is 0 Å². The normalized spacial score (nSPS) is 14.8. The van der Waals surface area contributed by atoms with Gasteiger partial charge in [0.15, 0.2) is 0 Å². The fraction of sp³-hybridized carbons (Fsp3) is 0.100. The summed E-state index contributed by atoms with van der Waals surface area (Å²) in [5.74, 6) is 0. The van der Waals surface area contributed by atoms with Gasteiger partial charge in [-0.3, -0.25) is 4.99 Å². The zero-order valence-electron chi connectivity index (χ0n) is 6.57. The number of aliphatic imine (C=N–C) groups is 1. The minimum atomic E-state index is 0.827. The van der Waals surface area contributed by atoms with Crippen LogP contribution in [0.3, 0.4) is 0 Å². The van der Waals surface area contributed by atoms with Crippen LogP contribution in [0.5, 0.6) is 0 Å². The molecule has 0 atom stereocenters. The lowest BCUT2D eigenvalue weighted by Crippen LogP contribution is -1.91. The number of benzene rings is 1. The van der Waals surface area contributed by atoms with Gasteiger partial charge in [0.2, 0.25) is 0 Å². The highest BCUT2D eigenvalue weighted by Crippen LogP contribution is 2.25. The lowest BCUT2D eigenvalue weighted by Gasteiger charge is -1.91. The highest BCUT2D eigenvalue weighted by atomic mass is 16.2. The lowest BCUT2D eigenvalue weighted by molar-refractivity contribution is 0.474. The number of allylic oxidation sites excluding steroid dienone is 1. The van der Waals surface area contributed by atoms with Gasteiger partial charge in [-0.15, -0.1) is 0 Å². The number of rotatable bonds is 1. The first-order valence-electron chi connectivity index (χ1n) is 3.86. The molecule has 2 nitrogen and oxygen atoms in total. The first-order valence-corrected chi connectivity index (χ1v) is 3.86. The molecule has 1 aliphatic heterocycles. The van der Waals surface area contributed by atoms with Crippen molar-refractivity contribution in [3.8, 4) is 0 Å². The Morgan fingerprint density at radius 1 is 1.33 bits per heavy atom. The molecule has 0 amide bonds. The number of aliphatic hydroxyl groups is 1. The predicted molar refractivity (Wildman–Crippen MR) is 49.0 cm³/mol. The average molecular weight is 159 g/mol. The van der Waals surface area contributed by atoms with Crippen molar-refractivity contribution in [2.45, 2.75) is 6.42 Å². The van der Waals surface area contributed by atoms with E-state index < -0.39 is 0 Å². The molecule has 1 N–H and O–H groups in total. The van der Waals surface area contributed by atoms with Gasteiger partial charge in [-0.1, -0.05) is 18.2 Å². The van der Waals surface area contributed by atoms with Crippen molar-refractivity contribution < 1.29 is 5.11 Å². The SMILES string of the molecule is O/C=C\C1=Nc2ccccc2C1. The number of hydrogen-bond acceptors (Lipinski definition) is 2. The molecule has 0 aromatic heterocycles. The topological polar surface area (TPSA) is 32.6 Å². The quantitative estimate of drug-likeness (QED) is 0.627. The monoisotopic (exact) mass is 159 g/mol. The molecule has 1 aliphatic rings. The van der Waals surface area contributed by atoms with Crippen LogP contribution in [0.1, 0.15) is 5.56 Å². The van der Waals surface area contributed by atoms with Crippen LogP contribution in [0.2, 0.25) is 0 Å². The molecule has 0 saturated heterocycles. The highest BCUT2D eigenvalue weighted by Gasteiger charge is 2.10. The molecule has 0 unspecified atom stereocenters. The summed E-state index contributed by atoms with van der Waals surface area (Å²) in [6, 6.07) is 8.00. The predicted octanol–water partition coefficient (Wildman–Crippen LogP) is 2.39. The number of hydrogen-bond donors (Lipinski definition) is 1. The van der Waals surface area contributed by atoms with Crippen molar-refractivity contribution in [2.24, 2.45) is 4.99 Å². The number of fused-ring (bicyclic) bond motifs is 1. The standard InChI is InChI=1S/C10H9NO/c12-6-5-9-7-8-3-1-2-4-10(8)11-9/h1-6,12H,7H2/b6-5-. The van der Waals surface area contributed by atoms with Gasteiger partial charge in [-0.05, 0) is 17.7 Å². The second kappa shape index (κ2) is 2.81. The minimum Gasteiger partial charge on any atom is -0.516 e. The van der Waals surface area contributed by atoms with Gasteiger partial charge in [0.25, 0.3) is 0 Å². The Labute approximate surface area is 70.9 Å². The van der Waals surface area contributed by atoms with E-state index in [4.69, 9.17) is 5.11 Å². The van der Waals surface area contributed by atoms with Gasteiger partial charge in [0.1, 0.15) is 0 Å². The molecule has 1 aromatic carbocycles. The van der Waals surface area contributed by atoms with Crippen LogP contribution in [0.25, 0.3) is 0 Å². The molecule has 0 fully saturated rings. The Bertz CT molecular complexity index is 353. The largest absolute Gasteiger partial charge is 0.516 e. The molecule has 1 aromatic rings. The van der Waals surface area contributed by atoms with Crippen molar-refractivity contribution in [2.75, 3.05) is 0 Å². The van der Waals surface area contributed by atoms with Crippen molar-refractivity contribution in [3.63, 3.8) is 0 Å². The molecular weight excluding hydrogens is 150 g/mol. The van der Waals surface area contributed by atoms with Crippen LogP contribution in [0.15, 0.2) is 41.6 Å². The third-order valence-corrected chi connectivity index (χ3v) is 1.89. The molecule has 60 valence electrons. The van der Waals surface area contributed by atoms with E-state index in [1.54, 1.807) is 6.08 Å². The molecule has 0 radical (unpaired) electrons. The number of nitrogens with zero attached hydrogens (tertiary/aromatic N) is 1. The molecule has 1 heterocycles. The smallest absolute Gasteiger partial charge is 0.0809 e. The van der Waals surface area contributed by atoms with E-state index in [9.17, 15) is 0 Å². The zero-order valence-corrected chi connectivity index (χ0v) is 6.57.